The molecule has 6 heteroatoms. The van der Waals surface area contributed by atoms with Crippen molar-refractivity contribution in [2.75, 3.05) is 5.75 Å². The van der Waals surface area contributed by atoms with E-state index < -0.39 is 17.6 Å². The van der Waals surface area contributed by atoms with Crippen molar-refractivity contribution in [3.05, 3.63) is 65.2 Å². The molecule has 0 amide bonds. The topological polar surface area (TPSA) is 52.6 Å². The lowest BCUT2D eigenvalue weighted by Gasteiger charge is -2.41. The lowest BCUT2D eigenvalue weighted by Crippen LogP contribution is -2.46. The van der Waals surface area contributed by atoms with E-state index in [0.717, 1.165) is 28.6 Å². The van der Waals surface area contributed by atoms with Crippen molar-refractivity contribution < 1.29 is 19.1 Å². The first-order valence-electron chi connectivity index (χ1n) is 9.55. The van der Waals surface area contributed by atoms with E-state index in [4.69, 9.17) is 9.47 Å². The molecule has 0 aromatic heterocycles. The lowest BCUT2D eigenvalue weighted by molar-refractivity contribution is -0.155. The summed E-state index contributed by atoms with van der Waals surface area (Å²) in [6.07, 6.45) is -0.456. The van der Waals surface area contributed by atoms with E-state index in [2.05, 4.69) is 15.9 Å². The Morgan fingerprint density at radius 1 is 1.17 bits per heavy atom. The van der Waals surface area contributed by atoms with Gasteiger partial charge in [0.1, 0.15) is 17.5 Å². The Morgan fingerprint density at radius 3 is 2.52 bits per heavy atom. The first-order chi connectivity index (χ1) is 13.7. The molecule has 2 aromatic rings. The quantitative estimate of drug-likeness (QED) is 0.407. The number of hydrogen-bond acceptors (Lipinski definition) is 5. The molecule has 0 bridgehead atoms. The van der Waals surface area contributed by atoms with Crippen LogP contribution in [0.5, 0.6) is 5.75 Å². The number of hydrogen-bond donors (Lipinski definition) is 0. The van der Waals surface area contributed by atoms with Gasteiger partial charge in [0.05, 0.1) is 10.7 Å². The van der Waals surface area contributed by atoms with Crippen molar-refractivity contribution in [3.8, 4) is 5.75 Å². The van der Waals surface area contributed by atoms with Crippen molar-refractivity contribution in [3.63, 3.8) is 0 Å². The Morgan fingerprint density at radius 2 is 1.83 bits per heavy atom. The van der Waals surface area contributed by atoms with Gasteiger partial charge in [-0.1, -0.05) is 82.6 Å². The fourth-order valence-corrected chi connectivity index (χ4v) is 4.40. The highest BCUT2D eigenvalue weighted by atomic mass is 79.9. The van der Waals surface area contributed by atoms with Crippen LogP contribution in [-0.2, 0) is 9.53 Å². The number of thioether (sulfide) groups is 1. The molecule has 0 spiro atoms. The molecule has 2 aromatic carbocycles. The minimum absolute atomic E-state index is 0.0411. The largest absolute Gasteiger partial charge is 0.486 e. The summed E-state index contributed by atoms with van der Waals surface area (Å²) in [6.45, 7) is 7.69. The van der Waals surface area contributed by atoms with Crippen LogP contribution in [-0.4, -0.2) is 27.3 Å². The fourth-order valence-electron chi connectivity index (χ4n) is 3.08. The number of aryl methyl sites for hydroxylation is 1. The summed E-state index contributed by atoms with van der Waals surface area (Å²) in [5, 5.41) is -0.0411. The highest BCUT2D eigenvalue weighted by Gasteiger charge is 2.44. The molecule has 0 fully saturated rings. The second-order valence-electron chi connectivity index (χ2n) is 7.87. The van der Waals surface area contributed by atoms with Gasteiger partial charge in [0.2, 0.25) is 5.12 Å². The number of fused-ring (bicyclic) bond motifs is 1. The van der Waals surface area contributed by atoms with Crippen LogP contribution >= 0.6 is 27.7 Å². The Bertz CT molecular complexity index is 894. The third kappa shape index (κ3) is 5.04. The maximum atomic E-state index is 12.8. The average molecular weight is 477 g/mol. The molecule has 1 aliphatic heterocycles. The molecule has 3 unspecified atom stereocenters. The lowest BCUT2D eigenvalue weighted by atomic mass is 9.91. The van der Waals surface area contributed by atoms with Crippen LogP contribution in [0.4, 0.5) is 0 Å². The maximum absolute atomic E-state index is 12.8. The summed E-state index contributed by atoms with van der Waals surface area (Å²) in [4.78, 5) is 24.9. The number of esters is 1. The minimum Gasteiger partial charge on any atom is -0.486 e. The Labute approximate surface area is 184 Å². The van der Waals surface area contributed by atoms with E-state index in [1.807, 2.05) is 69.3 Å². The van der Waals surface area contributed by atoms with Crippen LogP contribution in [0.3, 0.4) is 0 Å². The Kier molecular flexibility index (Phi) is 6.74. The molecule has 0 N–H and O–H groups in total. The number of halogens is 1. The van der Waals surface area contributed by atoms with Gasteiger partial charge in [-0.25, -0.2) is 0 Å². The second-order valence-corrected chi connectivity index (χ2v) is 9.85. The van der Waals surface area contributed by atoms with Crippen LogP contribution in [0.1, 0.15) is 48.4 Å². The minimum atomic E-state index is -0.529. The smallest absolute Gasteiger partial charge is 0.310 e. The monoisotopic (exact) mass is 476 g/mol. The number of carbonyl (C=O) groups excluding carboxylic acids is 2. The zero-order chi connectivity index (χ0) is 21.2. The zero-order valence-electron chi connectivity index (χ0n) is 17.0. The molecule has 0 saturated carbocycles. The Hall–Kier alpha value is -1.79. The number of rotatable bonds is 5. The van der Waals surface area contributed by atoms with Gasteiger partial charge in [-0.15, -0.1) is 0 Å². The SMILES string of the molecule is Cc1ccc(C(=O)SCC(C)C(=O)OC2c3ccccc3OC(C)(C)C2Br)cc1. The van der Waals surface area contributed by atoms with Gasteiger partial charge in [0.25, 0.3) is 0 Å². The van der Waals surface area contributed by atoms with Gasteiger partial charge in [-0.3, -0.25) is 9.59 Å². The molecule has 0 radical (unpaired) electrons. The molecule has 1 aliphatic rings. The number of carbonyl (C=O) groups is 2. The average Bonchev–Trinajstić information content (AvgIpc) is 2.69. The molecule has 3 atom stereocenters. The van der Waals surface area contributed by atoms with Crippen molar-refractivity contribution in [2.45, 2.75) is 44.2 Å². The number of para-hydroxylation sites is 1. The highest BCUT2D eigenvalue weighted by Crippen LogP contribution is 2.45. The van der Waals surface area contributed by atoms with Crippen molar-refractivity contribution >= 4 is 38.8 Å². The molecule has 29 heavy (non-hydrogen) atoms. The van der Waals surface area contributed by atoms with Gasteiger partial charge < -0.3 is 9.47 Å². The standard InChI is InChI=1S/C23H25BrO4S/c1-14-9-11-16(12-10-14)22(26)29-13-15(2)21(25)27-19-17-7-5-6-8-18(17)28-23(3,4)20(19)24/h5-12,15,19-20H,13H2,1-4H3. The molecule has 0 aliphatic carbocycles. The number of ether oxygens (including phenoxy) is 2. The van der Waals surface area contributed by atoms with Gasteiger partial charge in [-0.2, -0.15) is 0 Å². The van der Waals surface area contributed by atoms with Crippen LogP contribution in [0.25, 0.3) is 0 Å². The third-order valence-electron chi connectivity index (χ3n) is 4.93. The maximum Gasteiger partial charge on any atom is 0.310 e. The molecular weight excluding hydrogens is 452 g/mol. The number of benzene rings is 2. The van der Waals surface area contributed by atoms with Crippen molar-refractivity contribution in [2.24, 2.45) is 5.92 Å². The number of alkyl halides is 1. The second kappa shape index (κ2) is 8.92. The van der Waals surface area contributed by atoms with Crippen LogP contribution in [0.2, 0.25) is 0 Å². The first-order valence-corrected chi connectivity index (χ1v) is 11.5. The zero-order valence-corrected chi connectivity index (χ0v) is 19.4. The Balaban J connectivity index is 1.64. The summed E-state index contributed by atoms with van der Waals surface area (Å²) in [7, 11) is 0. The molecule has 154 valence electrons. The molecule has 1 heterocycles. The summed E-state index contributed by atoms with van der Waals surface area (Å²) in [6, 6.07) is 15.0. The summed E-state index contributed by atoms with van der Waals surface area (Å²) in [5.74, 6) is 0.359. The van der Waals surface area contributed by atoms with E-state index >= 15 is 0 Å². The van der Waals surface area contributed by atoms with Gasteiger partial charge in [0, 0.05) is 16.9 Å². The summed E-state index contributed by atoms with van der Waals surface area (Å²) < 4.78 is 11.9. The normalized spacial score (nSPS) is 20.9. The van der Waals surface area contributed by atoms with Gasteiger partial charge in [-0.05, 0) is 26.8 Å². The highest BCUT2D eigenvalue weighted by molar-refractivity contribution is 9.09. The van der Waals surface area contributed by atoms with E-state index in [0.29, 0.717) is 11.3 Å². The molecule has 4 nitrogen and oxygen atoms in total. The third-order valence-corrected chi connectivity index (χ3v) is 7.67. The fraction of sp³-hybridized carbons (Fsp3) is 0.391. The van der Waals surface area contributed by atoms with E-state index in [1.165, 1.54) is 0 Å². The van der Waals surface area contributed by atoms with Gasteiger partial charge in [0.15, 0.2) is 0 Å². The van der Waals surface area contributed by atoms with E-state index in [9.17, 15) is 9.59 Å². The first kappa shape index (κ1) is 21.9. The molecule has 0 saturated heterocycles. The summed E-state index contributed by atoms with van der Waals surface area (Å²) >= 11 is 4.80. The van der Waals surface area contributed by atoms with Crippen LogP contribution in [0, 0.1) is 12.8 Å². The summed E-state index contributed by atoms with van der Waals surface area (Å²) in [5.41, 5.74) is 2.06. The van der Waals surface area contributed by atoms with Crippen molar-refractivity contribution in [1.82, 2.24) is 0 Å². The van der Waals surface area contributed by atoms with Crippen LogP contribution < -0.4 is 4.74 Å². The molecular formula is C23H25BrO4S. The van der Waals surface area contributed by atoms with E-state index in [1.54, 1.807) is 6.92 Å². The van der Waals surface area contributed by atoms with Crippen molar-refractivity contribution in [1.29, 1.82) is 0 Å². The predicted octanol–water partition coefficient (Wildman–Crippen LogP) is 5.72. The predicted molar refractivity (Wildman–Crippen MR) is 120 cm³/mol. The molecule has 3 rings (SSSR count). The van der Waals surface area contributed by atoms with Crippen LogP contribution in [0.15, 0.2) is 48.5 Å². The van der Waals surface area contributed by atoms with E-state index in [-0.39, 0.29) is 15.9 Å². The van der Waals surface area contributed by atoms with Gasteiger partial charge >= 0.3 is 5.97 Å².